The Labute approximate surface area is 99.7 Å². The molecule has 14 heavy (non-hydrogen) atoms. The van der Waals surface area contributed by atoms with E-state index in [1.807, 2.05) is 12.1 Å². The number of aldehydes is 1. The number of alkyl halides is 1. The number of thiophene rings is 1. The van der Waals surface area contributed by atoms with Crippen molar-refractivity contribution in [1.29, 1.82) is 0 Å². The third-order valence-electron chi connectivity index (χ3n) is 2.02. The van der Waals surface area contributed by atoms with Gasteiger partial charge < -0.3 is 0 Å². The Hall–Kier alpha value is -0.320. The Kier molecular flexibility index (Phi) is 2.95. The minimum atomic E-state index is 0.704. The van der Waals surface area contributed by atoms with Crippen LogP contribution in [0.2, 0.25) is 0 Å². The van der Waals surface area contributed by atoms with Crippen molar-refractivity contribution < 1.29 is 4.79 Å². The molecule has 0 saturated carbocycles. The molecule has 2 aromatic rings. The van der Waals surface area contributed by atoms with Gasteiger partial charge in [-0.05, 0) is 11.6 Å². The van der Waals surface area contributed by atoms with Crippen molar-refractivity contribution in [3.63, 3.8) is 0 Å². The highest BCUT2D eigenvalue weighted by Gasteiger charge is 2.08. The molecule has 1 aromatic carbocycles. The molecule has 0 aliphatic rings. The molecule has 1 nitrogen and oxygen atoms in total. The number of carbonyl (C=O) groups excluding carboxylic acids is 1. The lowest BCUT2D eigenvalue weighted by Gasteiger charge is -1.95. The van der Waals surface area contributed by atoms with Crippen molar-refractivity contribution in [3.8, 4) is 0 Å². The summed E-state index contributed by atoms with van der Waals surface area (Å²) in [7, 11) is 0. The minimum Gasteiger partial charge on any atom is -0.297 e. The van der Waals surface area contributed by atoms with Crippen LogP contribution in [-0.4, -0.2) is 6.29 Å². The Morgan fingerprint density at radius 2 is 2.29 bits per heavy atom. The Morgan fingerprint density at radius 3 is 2.93 bits per heavy atom. The fourth-order valence-electron chi connectivity index (χ4n) is 1.31. The van der Waals surface area contributed by atoms with Gasteiger partial charge in [-0.1, -0.05) is 28.1 Å². The number of rotatable bonds is 2. The van der Waals surface area contributed by atoms with Crippen LogP contribution in [0.15, 0.2) is 23.1 Å². The lowest BCUT2D eigenvalue weighted by molar-refractivity contribution is 0.112. The van der Waals surface area contributed by atoms with Crippen LogP contribution in [0.3, 0.4) is 0 Å². The number of halogens is 1. The summed E-state index contributed by atoms with van der Waals surface area (Å²) in [6.07, 6.45) is 0.862. The molecule has 0 atom stereocenters. The first-order chi connectivity index (χ1) is 6.76. The summed E-state index contributed by atoms with van der Waals surface area (Å²) in [5.41, 5.74) is 1.21. The second kappa shape index (κ2) is 4.04. The van der Waals surface area contributed by atoms with Gasteiger partial charge in [0.25, 0.3) is 0 Å². The van der Waals surface area contributed by atoms with E-state index >= 15 is 0 Å². The summed E-state index contributed by atoms with van der Waals surface area (Å²) >= 11 is 9.22. The van der Waals surface area contributed by atoms with Gasteiger partial charge >= 0.3 is 0 Å². The molecule has 0 radical (unpaired) electrons. The SMILES string of the molecule is O=Cc1sc2cc(CBr)ccc2c1S. The largest absolute Gasteiger partial charge is 0.297 e. The number of benzene rings is 1. The monoisotopic (exact) mass is 286 g/mol. The second-order valence-corrected chi connectivity index (χ2v) is 4.99. The van der Waals surface area contributed by atoms with Crippen molar-refractivity contribution >= 4 is 56.3 Å². The third-order valence-corrected chi connectivity index (χ3v) is 4.37. The molecular weight excluding hydrogens is 280 g/mol. The number of thiol groups is 1. The molecular formula is C10H7BrOS2. The molecule has 4 heteroatoms. The van der Waals surface area contributed by atoms with Gasteiger partial charge in [0, 0.05) is 20.3 Å². The molecule has 0 aliphatic heterocycles. The number of hydrogen-bond acceptors (Lipinski definition) is 3. The van der Waals surface area contributed by atoms with Crippen LogP contribution in [0.25, 0.3) is 10.1 Å². The molecule has 1 heterocycles. The molecule has 0 saturated heterocycles. The van der Waals surface area contributed by atoms with Gasteiger partial charge in [-0.3, -0.25) is 4.79 Å². The van der Waals surface area contributed by atoms with Crippen LogP contribution < -0.4 is 0 Å². The van der Waals surface area contributed by atoms with E-state index in [4.69, 9.17) is 0 Å². The molecule has 72 valence electrons. The summed E-state index contributed by atoms with van der Waals surface area (Å²) in [4.78, 5) is 12.2. The Balaban J connectivity index is 2.72. The van der Waals surface area contributed by atoms with Crippen LogP contribution >= 0.6 is 39.9 Å². The van der Waals surface area contributed by atoms with E-state index in [2.05, 4.69) is 34.6 Å². The Bertz CT molecular complexity index is 490. The van der Waals surface area contributed by atoms with E-state index in [9.17, 15) is 4.79 Å². The zero-order valence-corrected chi connectivity index (χ0v) is 10.5. The van der Waals surface area contributed by atoms with Gasteiger partial charge in [-0.15, -0.1) is 24.0 Å². The van der Waals surface area contributed by atoms with Crippen molar-refractivity contribution in [3.05, 3.63) is 28.6 Å². The highest BCUT2D eigenvalue weighted by Crippen LogP contribution is 2.33. The fourth-order valence-corrected chi connectivity index (χ4v) is 3.10. The molecule has 0 spiro atoms. The quantitative estimate of drug-likeness (QED) is 0.503. The highest BCUT2D eigenvalue weighted by atomic mass is 79.9. The Morgan fingerprint density at radius 1 is 1.50 bits per heavy atom. The highest BCUT2D eigenvalue weighted by molar-refractivity contribution is 9.08. The van der Waals surface area contributed by atoms with Crippen LogP contribution in [0.1, 0.15) is 15.2 Å². The molecule has 0 N–H and O–H groups in total. The van der Waals surface area contributed by atoms with E-state index in [0.29, 0.717) is 4.88 Å². The minimum absolute atomic E-state index is 0.704. The molecule has 0 bridgehead atoms. The number of hydrogen-bond donors (Lipinski definition) is 1. The number of fused-ring (bicyclic) bond motifs is 1. The summed E-state index contributed by atoms with van der Waals surface area (Å²) in [6.45, 7) is 0. The van der Waals surface area contributed by atoms with Crippen LogP contribution in [0, 0.1) is 0 Å². The first-order valence-electron chi connectivity index (χ1n) is 4.02. The van der Waals surface area contributed by atoms with Crippen LogP contribution in [0.4, 0.5) is 0 Å². The lowest BCUT2D eigenvalue weighted by atomic mass is 10.2. The van der Waals surface area contributed by atoms with E-state index < -0.39 is 0 Å². The zero-order valence-electron chi connectivity index (χ0n) is 7.16. The van der Waals surface area contributed by atoms with Crippen molar-refractivity contribution in [2.45, 2.75) is 10.2 Å². The zero-order chi connectivity index (χ0) is 10.1. The molecule has 0 fully saturated rings. The molecule has 0 amide bonds. The maximum Gasteiger partial charge on any atom is 0.161 e. The van der Waals surface area contributed by atoms with Gasteiger partial charge in [0.2, 0.25) is 0 Å². The van der Waals surface area contributed by atoms with Gasteiger partial charge in [0.05, 0.1) is 4.88 Å². The van der Waals surface area contributed by atoms with Gasteiger partial charge in [0.15, 0.2) is 6.29 Å². The summed E-state index contributed by atoms with van der Waals surface area (Å²) < 4.78 is 1.12. The van der Waals surface area contributed by atoms with E-state index in [-0.39, 0.29) is 0 Å². The average Bonchev–Trinajstić information content (AvgIpc) is 2.55. The normalized spacial score (nSPS) is 10.7. The maximum absolute atomic E-state index is 10.7. The summed E-state index contributed by atoms with van der Waals surface area (Å²) in [5, 5.41) is 1.89. The topological polar surface area (TPSA) is 17.1 Å². The van der Waals surface area contributed by atoms with E-state index in [0.717, 1.165) is 26.6 Å². The molecule has 0 unspecified atom stereocenters. The molecule has 1 aromatic heterocycles. The smallest absolute Gasteiger partial charge is 0.161 e. The maximum atomic E-state index is 10.7. The summed E-state index contributed by atoms with van der Waals surface area (Å²) in [6, 6.07) is 6.14. The van der Waals surface area contributed by atoms with Crippen molar-refractivity contribution in [2.24, 2.45) is 0 Å². The lowest BCUT2D eigenvalue weighted by Crippen LogP contribution is -1.75. The average molecular weight is 287 g/mol. The van der Waals surface area contributed by atoms with Crippen LogP contribution in [0.5, 0.6) is 0 Å². The predicted octanol–water partition coefficient (Wildman–Crippen LogP) is 3.90. The van der Waals surface area contributed by atoms with Crippen molar-refractivity contribution in [2.75, 3.05) is 0 Å². The predicted molar refractivity (Wildman–Crippen MR) is 67.1 cm³/mol. The van der Waals surface area contributed by atoms with Gasteiger partial charge in [-0.2, -0.15) is 0 Å². The third kappa shape index (κ3) is 1.62. The first kappa shape index (κ1) is 10.2. The van der Waals surface area contributed by atoms with Gasteiger partial charge in [0.1, 0.15) is 0 Å². The van der Waals surface area contributed by atoms with Crippen molar-refractivity contribution in [1.82, 2.24) is 0 Å². The van der Waals surface area contributed by atoms with Crippen LogP contribution in [-0.2, 0) is 5.33 Å². The number of carbonyl (C=O) groups is 1. The summed E-state index contributed by atoms with van der Waals surface area (Å²) in [5.74, 6) is 0. The fraction of sp³-hybridized carbons (Fsp3) is 0.100. The second-order valence-electron chi connectivity index (χ2n) is 2.90. The van der Waals surface area contributed by atoms with Gasteiger partial charge in [-0.25, -0.2) is 0 Å². The first-order valence-corrected chi connectivity index (χ1v) is 6.40. The van der Waals surface area contributed by atoms with E-state index in [1.165, 1.54) is 16.9 Å². The standard InChI is InChI=1S/C10H7BrOS2/c11-4-6-1-2-7-8(3-6)14-9(5-12)10(7)13/h1-3,5,13H,4H2. The van der Waals surface area contributed by atoms with E-state index in [1.54, 1.807) is 0 Å². The molecule has 2 rings (SSSR count). The molecule has 0 aliphatic carbocycles.